The Kier molecular flexibility index (Phi) is 1.16. The second-order valence-corrected chi connectivity index (χ2v) is 3.36. The van der Waals surface area contributed by atoms with Gasteiger partial charge in [0.15, 0.2) is 0 Å². The largest absolute Gasteiger partial charge is 0.368 e. The van der Waals surface area contributed by atoms with Gasteiger partial charge in [-0.1, -0.05) is 6.92 Å². The van der Waals surface area contributed by atoms with Crippen molar-refractivity contribution in [2.45, 2.75) is 25.2 Å². The molecule has 0 unspecified atom stereocenters. The number of nitrogen functional groups attached to an aromatic ring is 1. The molecular weight excluding hydrogens is 138 g/mol. The number of rotatable bonds is 1. The second-order valence-electron chi connectivity index (χ2n) is 3.36. The van der Waals surface area contributed by atoms with Crippen LogP contribution >= 0.6 is 0 Å². The van der Waals surface area contributed by atoms with E-state index in [1.54, 1.807) is 6.20 Å². The summed E-state index contributed by atoms with van der Waals surface area (Å²) >= 11 is 0. The van der Waals surface area contributed by atoms with Crippen LogP contribution < -0.4 is 5.73 Å². The molecular formula is C8H11N3. The fraction of sp³-hybridized carbons (Fsp3) is 0.500. The van der Waals surface area contributed by atoms with Crippen LogP contribution in [0.1, 0.15) is 25.5 Å². The van der Waals surface area contributed by atoms with Crippen LogP contribution in [0.15, 0.2) is 12.3 Å². The van der Waals surface area contributed by atoms with Gasteiger partial charge in [-0.05, 0) is 18.9 Å². The van der Waals surface area contributed by atoms with Gasteiger partial charge in [0, 0.05) is 11.6 Å². The van der Waals surface area contributed by atoms with Crippen molar-refractivity contribution in [1.29, 1.82) is 0 Å². The summed E-state index contributed by atoms with van der Waals surface area (Å²) in [7, 11) is 0. The van der Waals surface area contributed by atoms with E-state index in [4.69, 9.17) is 5.73 Å². The van der Waals surface area contributed by atoms with Gasteiger partial charge in [0.05, 0.1) is 5.69 Å². The first-order chi connectivity index (χ1) is 5.21. The van der Waals surface area contributed by atoms with Crippen molar-refractivity contribution >= 4 is 5.95 Å². The maximum atomic E-state index is 5.46. The summed E-state index contributed by atoms with van der Waals surface area (Å²) in [5.74, 6) is 0.385. The Hall–Kier alpha value is -1.12. The van der Waals surface area contributed by atoms with Crippen LogP contribution in [0.2, 0.25) is 0 Å². The molecule has 0 amide bonds. The molecule has 1 aromatic heterocycles. The quantitative estimate of drug-likeness (QED) is 0.650. The molecule has 1 aromatic rings. The highest BCUT2D eigenvalue weighted by Gasteiger charge is 2.40. The van der Waals surface area contributed by atoms with Crippen molar-refractivity contribution in [3.8, 4) is 0 Å². The Balaban J connectivity index is 2.38. The van der Waals surface area contributed by atoms with Gasteiger partial charge in [0.1, 0.15) is 0 Å². The molecule has 0 aromatic carbocycles. The molecule has 11 heavy (non-hydrogen) atoms. The molecule has 0 radical (unpaired) electrons. The standard InChI is InChI=1S/C8H11N3/c1-8(3-4-8)6-2-5-10-7(9)11-6/h2,5H,3-4H2,1H3,(H2,9,10,11). The van der Waals surface area contributed by atoms with Gasteiger partial charge in [0.25, 0.3) is 0 Å². The number of aromatic nitrogens is 2. The number of nitrogens with two attached hydrogens (primary N) is 1. The van der Waals surface area contributed by atoms with E-state index in [1.807, 2.05) is 6.07 Å². The summed E-state index contributed by atoms with van der Waals surface area (Å²) in [5.41, 5.74) is 6.85. The third kappa shape index (κ3) is 1.06. The summed E-state index contributed by atoms with van der Waals surface area (Å²) in [6.07, 6.45) is 4.17. The predicted molar refractivity (Wildman–Crippen MR) is 43.0 cm³/mol. The third-order valence-electron chi connectivity index (χ3n) is 2.29. The molecule has 0 bridgehead atoms. The van der Waals surface area contributed by atoms with Crippen molar-refractivity contribution < 1.29 is 0 Å². The molecule has 2 N–H and O–H groups in total. The maximum Gasteiger partial charge on any atom is 0.220 e. The number of hydrogen-bond acceptors (Lipinski definition) is 3. The van der Waals surface area contributed by atoms with Gasteiger partial charge in [-0.3, -0.25) is 0 Å². The zero-order chi connectivity index (χ0) is 7.90. The van der Waals surface area contributed by atoms with Crippen molar-refractivity contribution in [2.75, 3.05) is 5.73 Å². The summed E-state index contributed by atoms with van der Waals surface area (Å²) in [5, 5.41) is 0. The summed E-state index contributed by atoms with van der Waals surface area (Å²) < 4.78 is 0. The van der Waals surface area contributed by atoms with E-state index in [9.17, 15) is 0 Å². The van der Waals surface area contributed by atoms with Crippen molar-refractivity contribution in [1.82, 2.24) is 9.97 Å². The van der Waals surface area contributed by atoms with Crippen molar-refractivity contribution in [3.05, 3.63) is 18.0 Å². The molecule has 3 nitrogen and oxygen atoms in total. The summed E-state index contributed by atoms with van der Waals surface area (Å²) in [6, 6.07) is 1.95. The summed E-state index contributed by atoms with van der Waals surface area (Å²) in [4.78, 5) is 8.02. The second kappa shape index (κ2) is 1.94. The van der Waals surface area contributed by atoms with Crippen LogP contribution in [0.5, 0.6) is 0 Å². The van der Waals surface area contributed by atoms with E-state index in [0.717, 1.165) is 5.69 Å². The van der Waals surface area contributed by atoms with Gasteiger partial charge in [0.2, 0.25) is 5.95 Å². The highest BCUT2D eigenvalue weighted by Crippen LogP contribution is 2.46. The molecule has 1 fully saturated rings. The average molecular weight is 149 g/mol. The van der Waals surface area contributed by atoms with E-state index >= 15 is 0 Å². The first-order valence-electron chi connectivity index (χ1n) is 3.80. The van der Waals surface area contributed by atoms with Crippen LogP contribution in [0.3, 0.4) is 0 Å². The molecule has 1 heterocycles. The lowest BCUT2D eigenvalue weighted by atomic mass is 10.1. The first-order valence-corrected chi connectivity index (χ1v) is 3.80. The monoisotopic (exact) mass is 149 g/mol. The zero-order valence-electron chi connectivity index (χ0n) is 6.54. The number of nitrogens with zero attached hydrogens (tertiary/aromatic N) is 2. The van der Waals surface area contributed by atoms with Gasteiger partial charge in [-0.2, -0.15) is 0 Å². The fourth-order valence-corrected chi connectivity index (χ4v) is 1.15. The van der Waals surface area contributed by atoms with E-state index in [0.29, 0.717) is 11.4 Å². The van der Waals surface area contributed by atoms with Crippen LogP contribution in [0.25, 0.3) is 0 Å². The van der Waals surface area contributed by atoms with Crippen molar-refractivity contribution in [2.24, 2.45) is 0 Å². The van der Waals surface area contributed by atoms with Gasteiger partial charge < -0.3 is 5.73 Å². The topological polar surface area (TPSA) is 51.8 Å². The number of anilines is 1. The van der Waals surface area contributed by atoms with E-state index in [2.05, 4.69) is 16.9 Å². The molecule has 1 aliphatic rings. The predicted octanol–water partition coefficient (Wildman–Crippen LogP) is 1.11. The smallest absolute Gasteiger partial charge is 0.220 e. The van der Waals surface area contributed by atoms with Gasteiger partial charge in [-0.15, -0.1) is 0 Å². The van der Waals surface area contributed by atoms with Gasteiger partial charge in [-0.25, -0.2) is 9.97 Å². The molecule has 3 heteroatoms. The summed E-state index contributed by atoms with van der Waals surface area (Å²) in [6.45, 7) is 2.20. The van der Waals surface area contributed by atoms with Crippen molar-refractivity contribution in [3.63, 3.8) is 0 Å². The highest BCUT2D eigenvalue weighted by molar-refractivity contribution is 5.26. The van der Waals surface area contributed by atoms with Crippen LogP contribution in [-0.2, 0) is 5.41 Å². The lowest BCUT2D eigenvalue weighted by Crippen LogP contribution is -2.06. The molecule has 58 valence electrons. The third-order valence-corrected chi connectivity index (χ3v) is 2.29. The molecule has 2 rings (SSSR count). The van der Waals surface area contributed by atoms with E-state index < -0.39 is 0 Å². The molecule has 1 aliphatic carbocycles. The SMILES string of the molecule is CC1(c2ccnc(N)n2)CC1. The lowest BCUT2D eigenvalue weighted by Gasteiger charge is -2.05. The molecule has 0 spiro atoms. The average Bonchev–Trinajstić information content (AvgIpc) is 2.70. The highest BCUT2D eigenvalue weighted by atomic mass is 15.0. The molecule has 0 aliphatic heterocycles. The lowest BCUT2D eigenvalue weighted by molar-refractivity contribution is 0.747. The van der Waals surface area contributed by atoms with E-state index in [1.165, 1.54) is 12.8 Å². The zero-order valence-corrected chi connectivity index (χ0v) is 6.54. The van der Waals surface area contributed by atoms with Crippen LogP contribution in [0.4, 0.5) is 5.95 Å². The van der Waals surface area contributed by atoms with E-state index in [-0.39, 0.29) is 0 Å². The minimum atomic E-state index is 0.303. The minimum Gasteiger partial charge on any atom is -0.368 e. The van der Waals surface area contributed by atoms with Crippen LogP contribution in [-0.4, -0.2) is 9.97 Å². The Morgan fingerprint density at radius 3 is 2.82 bits per heavy atom. The maximum absolute atomic E-state index is 5.46. The van der Waals surface area contributed by atoms with Gasteiger partial charge >= 0.3 is 0 Å². The Bertz CT molecular complexity index is 278. The Morgan fingerprint density at radius 1 is 1.55 bits per heavy atom. The minimum absolute atomic E-state index is 0.303. The first kappa shape index (κ1) is 6.58. The van der Waals surface area contributed by atoms with Crippen LogP contribution in [0, 0.1) is 0 Å². The Labute approximate surface area is 65.7 Å². The molecule has 0 saturated heterocycles. The normalized spacial score (nSPS) is 19.7. The Morgan fingerprint density at radius 2 is 2.27 bits per heavy atom. The molecule has 1 saturated carbocycles. The molecule has 0 atom stereocenters. The fourth-order valence-electron chi connectivity index (χ4n) is 1.15. The number of hydrogen-bond donors (Lipinski definition) is 1.